The number of carboxylic acids is 1. The fraction of sp³-hybridized carbons (Fsp3) is 0.419. The van der Waals surface area contributed by atoms with Crippen LogP contribution in [0.1, 0.15) is 131 Å². The average molecular weight is 1790 g/mol. The zero-order chi connectivity index (χ0) is 90.3. The van der Waals surface area contributed by atoms with Gasteiger partial charge in [-0.15, -0.1) is 0 Å². The first-order valence-electron chi connectivity index (χ1n) is 40.1. The molecule has 39 heteroatoms. The van der Waals surface area contributed by atoms with Crippen LogP contribution in [0.3, 0.4) is 0 Å². The van der Waals surface area contributed by atoms with Crippen LogP contribution in [-0.2, 0) is 68.6 Å². The summed E-state index contributed by atoms with van der Waals surface area (Å²) in [5, 5.41) is 138. The molecular weight excluding hydrogens is 1700 g/mol. The number of halogens is 3. The second kappa shape index (κ2) is 37.9. The molecule has 3 saturated heterocycles. The molecule has 8 aliphatic heterocycles. The minimum Gasteiger partial charge on any atom is -0.508 e. The topological polar surface area (TPSA) is 561 Å². The quantitative estimate of drug-likeness (QED) is 0.0530. The van der Waals surface area contributed by atoms with E-state index in [2.05, 4.69) is 42.5 Å². The van der Waals surface area contributed by atoms with Crippen LogP contribution in [0.15, 0.2) is 127 Å². The molecule has 7 aromatic rings. The van der Waals surface area contributed by atoms with E-state index in [1.807, 2.05) is 50.2 Å². The van der Waals surface area contributed by atoms with Crippen molar-refractivity contribution in [2.75, 3.05) is 13.7 Å². The Bertz CT molecular complexity index is 5250. The average Bonchev–Trinajstić information content (AvgIpc) is 0.762. The highest BCUT2D eigenvalue weighted by molar-refractivity contribution is 6.32. The highest BCUT2D eigenvalue weighted by Crippen LogP contribution is 2.51. The SMILES string of the molecule is CN[C@H](CC(C)C)C(=O)N[C@H]1C(=O)N[C@@H](CC(N)=O)C(=O)N[C@H]2C(=O)N[C@H]3C(=O)N[C@H](C(=O)N[C@H](C(=O)O)c4cc(O)cc(O)c4-c4cc3ccc4O)[C@H](O[C@@H]3C[C@](C)(N)[C@@H](O)[C@H](C)O3)c3ccc(c(Cl)c3)Oc3cc2cc(c3O[C@@H]2O[C@H](CO)[C@@H](O)[C@H](O)[C@H]2O[C@@H]2C[C@](C)(NCc3ccc(-c4ccc(Cl)cc4)cc3)[C@@H](O)[C@H](C)O2)Oc2ccc(cc2Cl)[C@H]1O. The van der Waals surface area contributed by atoms with Crippen LogP contribution in [-0.4, -0.2) is 215 Å². The van der Waals surface area contributed by atoms with Gasteiger partial charge in [0.05, 0.1) is 53.5 Å². The molecule has 22 N–H and O–H groups in total. The smallest absolute Gasteiger partial charge is 0.330 e. The molecule has 125 heavy (non-hydrogen) atoms. The molecule has 22 atom stereocenters. The fourth-order valence-electron chi connectivity index (χ4n) is 16.2. The third kappa shape index (κ3) is 20.1. The van der Waals surface area contributed by atoms with Crippen molar-refractivity contribution < 1.29 is 127 Å². The van der Waals surface area contributed by atoms with Crippen molar-refractivity contribution in [3.8, 4) is 68.2 Å². The molecule has 8 aliphatic rings. The summed E-state index contributed by atoms with van der Waals surface area (Å²) in [6.45, 7) is 9.06. The first-order chi connectivity index (χ1) is 59.2. The Kier molecular flexibility index (Phi) is 27.9. The zero-order valence-electron chi connectivity index (χ0n) is 68.3. The van der Waals surface area contributed by atoms with Gasteiger partial charge in [-0.05, 0) is 153 Å². The summed E-state index contributed by atoms with van der Waals surface area (Å²) in [6.07, 6.45) is -23.0. The predicted molar refractivity (Wildman–Crippen MR) is 445 cm³/mol. The van der Waals surface area contributed by atoms with Crippen molar-refractivity contribution in [1.82, 2.24) is 42.5 Å². The summed E-state index contributed by atoms with van der Waals surface area (Å²) in [5.41, 5.74) is 9.60. The number of benzene rings is 7. The number of primary amides is 1. The Morgan fingerprint density at radius 1 is 0.632 bits per heavy atom. The molecule has 11 bridgehead atoms. The van der Waals surface area contributed by atoms with Crippen LogP contribution in [0.2, 0.25) is 15.1 Å². The van der Waals surface area contributed by atoms with E-state index in [4.69, 9.17) is 84.2 Å². The van der Waals surface area contributed by atoms with Gasteiger partial charge in [-0.2, -0.15) is 0 Å². The highest BCUT2D eigenvalue weighted by atomic mass is 35.5. The van der Waals surface area contributed by atoms with Gasteiger partial charge in [-0.3, -0.25) is 33.6 Å². The Labute approximate surface area is 730 Å². The Morgan fingerprint density at radius 2 is 1.22 bits per heavy atom. The number of aliphatic carboxylic acids is 1. The number of carbonyl (C=O) groups excluding carboxylic acids is 7. The number of aliphatic hydroxyl groups excluding tert-OH is 6. The monoisotopic (exact) mass is 1790 g/mol. The van der Waals surface area contributed by atoms with Crippen molar-refractivity contribution in [2.45, 2.75) is 207 Å². The van der Waals surface area contributed by atoms with Crippen molar-refractivity contribution in [3.05, 3.63) is 176 Å². The number of fused-ring (bicyclic) bond motifs is 15. The maximum absolute atomic E-state index is 16.6. The molecule has 0 spiro atoms. The highest BCUT2D eigenvalue weighted by Gasteiger charge is 2.53. The molecule has 0 saturated carbocycles. The summed E-state index contributed by atoms with van der Waals surface area (Å²) in [6, 6.07) is 14.5. The number of aromatic hydroxyl groups is 3. The maximum atomic E-state index is 16.6. The summed E-state index contributed by atoms with van der Waals surface area (Å²) in [4.78, 5) is 121. The zero-order valence-corrected chi connectivity index (χ0v) is 70.6. The number of carboxylic acid groups (broad SMARTS) is 1. The largest absolute Gasteiger partial charge is 0.508 e. The first-order valence-corrected chi connectivity index (χ1v) is 41.2. The molecule has 8 heterocycles. The molecule has 36 nitrogen and oxygen atoms in total. The number of hydrogen-bond acceptors (Lipinski definition) is 28. The first kappa shape index (κ1) is 92.1. The molecule has 15 rings (SSSR count). The summed E-state index contributed by atoms with van der Waals surface area (Å²) in [7, 11) is 1.48. The maximum Gasteiger partial charge on any atom is 0.330 e. The number of nitrogens with one attached hydrogen (secondary N) is 8. The number of carbonyl (C=O) groups is 8. The number of hydrogen-bond donors (Lipinski definition) is 20. The molecule has 0 aromatic heterocycles. The van der Waals surface area contributed by atoms with Crippen molar-refractivity contribution >= 4 is 82.1 Å². The van der Waals surface area contributed by atoms with Crippen molar-refractivity contribution in [2.24, 2.45) is 17.4 Å². The number of rotatable bonds is 19. The number of phenols is 3. The van der Waals surface area contributed by atoms with E-state index in [1.54, 1.807) is 26.0 Å². The van der Waals surface area contributed by atoms with E-state index in [-0.39, 0.29) is 59.2 Å². The third-order valence-corrected chi connectivity index (χ3v) is 23.8. The predicted octanol–water partition coefficient (Wildman–Crippen LogP) is 4.50. The number of aliphatic hydroxyl groups is 6. The third-order valence-electron chi connectivity index (χ3n) is 22.9. The molecule has 668 valence electrons. The second-order valence-electron chi connectivity index (χ2n) is 32.7. The summed E-state index contributed by atoms with van der Waals surface area (Å²) >= 11 is 20.8. The molecular formula is C86H97Cl3N10O26. The van der Waals surface area contributed by atoms with Gasteiger partial charge in [0.15, 0.2) is 36.2 Å². The Balaban J connectivity index is 1.02. The molecule has 0 radical (unpaired) electrons. The van der Waals surface area contributed by atoms with E-state index in [1.165, 1.54) is 51.2 Å². The van der Waals surface area contributed by atoms with Gasteiger partial charge in [-0.1, -0.05) is 103 Å². The summed E-state index contributed by atoms with van der Waals surface area (Å²) in [5.74, 6) is -16.1. The van der Waals surface area contributed by atoms with E-state index >= 15 is 24.0 Å². The second-order valence-corrected chi connectivity index (χ2v) is 34.0. The lowest BCUT2D eigenvalue weighted by atomic mass is 9.84. The van der Waals surface area contributed by atoms with Crippen molar-refractivity contribution in [3.63, 3.8) is 0 Å². The summed E-state index contributed by atoms with van der Waals surface area (Å²) < 4.78 is 52.9. The molecule has 3 fully saturated rings. The number of phenolic OH excluding ortho intramolecular Hbond substituents is 3. The van der Waals surface area contributed by atoms with Crippen molar-refractivity contribution in [1.29, 1.82) is 0 Å². The van der Waals surface area contributed by atoms with Gasteiger partial charge in [0.25, 0.3) is 0 Å². The van der Waals surface area contributed by atoms with Gasteiger partial charge >= 0.3 is 5.97 Å². The molecule has 7 aromatic carbocycles. The van der Waals surface area contributed by atoms with E-state index < -0.39 is 261 Å². The van der Waals surface area contributed by atoms with Gasteiger partial charge < -0.3 is 143 Å². The number of nitrogens with two attached hydrogens (primary N) is 2. The Hall–Kier alpha value is -10.6. The minimum atomic E-state index is -2.40. The van der Waals surface area contributed by atoms with E-state index in [0.29, 0.717) is 5.02 Å². The van der Waals surface area contributed by atoms with Crippen LogP contribution in [0.25, 0.3) is 22.3 Å². The lowest BCUT2D eigenvalue weighted by Gasteiger charge is -2.48. The Morgan fingerprint density at radius 3 is 1.83 bits per heavy atom. The van der Waals surface area contributed by atoms with E-state index in [9.17, 15) is 65.4 Å². The molecule has 7 amide bonds. The van der Waals surface area contributed by atoms with Crippen LogP contribution >= 0.6 is 34.8 Å². The van der Waals surface area contributed by atoms with E-state index in [0.717, 1.165) is 65.2 Å². The van der Waals surface area contributed by atoms with Gasteiger partial charge in [0.2, 0.25) is 53.4 Å². The lowest BCUT2D eigenvalue weighted by molar-refractivity contribution is -0.334. The number of amides is 7. The van der Waals surface area contributed by atoms with Crippen LogP contribution < -0.4 is 68.2 Å². The normalized spacial score (nSPS) is 29.7. The van der Waals surface area contributed by atoms with Gasteiger partial charge in [-0.25, -0.2) is 4.79 Å². The molecule has 0 unspecified atom stereocenters. The van der Waals surface area contributed by atoms with Crippen LogP contribution in [0.5, 0.6) is 46.0 Å². The number of ether oxygens (including phenoxy) is 8. The standard InChI is InChI=1S/C86H97Cl3N10O26/c1-35(2)22-51(92-7)77(110)98-67-69(105)42-15-20-55(49(88)24-42)120-57-26-44-27-58(73(57)125-84-74(71(107)70(106)59(34-100)122-84)124-62-32-86(6,76(109)37(4)119-62)93-33-38-8-10-39(11-9-38)40-12-17-45(87)18-13-40)121-56-21-16-43(25-50(56)89)72(123-61-31-85(5,91)75(108)36(3)118-61)68-82(115)97-66(83(116)117)48-28-46(101)29-54(103)63(48)47-23-41(14-19-53(47)102)64(79(112)99-68)96-80(113)65(44)95-78(111)52(30-60(90)104)94-81(67)114/h8-21,23-29,35-37,51-52,59,61-62,64-72,74-76,84,92-93,100-103,105-109H,22,30-34,91H2,1-7H3,(H2,90,104)(H,94,114)(H,95,111)(H,96,113)(H,97,115)(H,98,110)(H,99,112)(H,116,117)/t36-,37-,51+,52-,59+,61+,62+,64+,65+,66-,67+,68-,69+,70+,71-,72+,74+,75-,76-,84-,85-,86-/m0/s1. The number of likely N-dealkylation sites (N-methyl/N-ethyl adjacent to an activating group) is 1. The van der Waals surface area contributed by atoms with Crippen LogP contribution in [0.4, 0.5) is 0 Å². The van der Waals surface area contributed by atoms with Crippen LogP contribution in [0, 0.1) is 5.92 Å². The lowest BCUT2D eigenvalue weighted by Crippen LogP contribution is -2.65. The molecule has 0 aliphatic carbocycles. The fourth-order valence-corrected chi connectivity index (χ4v) is 16.7. The minimum absolute atomic E-state index is 0.119. The van der Waals surface area contributed by atoms with Gasteiger partial charge in [0.1, 0.15) is 89.5 Å². The van der Waals surface area contributed by atoms with Gasteiger partial charge in [0, 0.05) is 58.2 Å².